The summed E-state index contributed by atoms with van der Waals surface area (Å²) >= 11 is 3.38. The van der Waals surface area contributed by atoms with Crippen molar-refractivity contribution in [1.29, 1.82) is 0 Å². The average Bonchev–Trinajstić information content (AvgIpc) is 3.07. The first-order valence-corrected chi connectivity index (χ1v) is 6.59. The largest absolute Gasteiger partial charge is 0.346 e. The molecule has 0 aliphatic rings. The van der Waals surface area contributed by atoms with Crippen LogP contribution in [-0.4, -0.2) is 20.2 Å². The second-order valence-electron chi connectivity index (χ2n) is 4.02. The number of H-pyrrole nitrogens is 2. The van der Waals surface area contributed by atoms with Crippen molar-refractivity contribution in [2.24, 2.45) is 0 Å². The smallest absolute Gasteiger partial charge is 0.137 e. The predicted octanol–water partition coefficient (Wildman–Crippen LogP) is 3.89. The van der Waals surface area contributed by atoms with Crippen LogP contribution in [0.3, 0.4) is 0 Å². The van der Waals surface area contributed by atoms with Crippen molar-refractivity contribution < 1.29 is 0 Å². The molecule has 2 N–H and O–H groups in total. The van der Waals surface area contributed by atoms with Crippen molar-refractivity contribution in [2.75, 3.05) is 0 Å². The van der Waals surface area contributed by atoms with E-state index in [-0.39, 0.29) is 0 Å². The highest BCUT2D eigenvalue weighted by Gasteiger charge is 1.93. The number of aromatic amines is 2. The number of hydrogen-bond acceptors (Lipinski definition) is 2. The predicted molar refractivity (Wildman–Crippen MR) is 79.9 cm³/mol. The third kappa shape index (κ3) is 2.66. The molecule has 3 heterocycles. The van der Waals surface area contributed by atoms with Gasteiger partial charge in [-0.2, -0.15) is 5.10 Å². The Hall–Kier alpha value is -2.14. The summed E-state index contributed by atoms with van der Waals surface area (Å²) in [5.41, 5.74) is 2.03. The van der Waals surface area contributed by atoms with Gasteiger partial charge in [0.1, 0.15) is 5.65 Å². The maximum atomic E-state index is 4.09. The van der Waals surface area contributed by atoms with Crippen LogP contribution in [0.15, 0.2) is 59.5 Å². The highest BCUT2D eigenvalue weighted by atomic mass is 79.9. The molecule has 0 atom stereocenters. The van der Waals surface area contributed by atoms with E-state index in [0.717, 1.165) is 26.4 Å². The molecule has 0 unspecified atom stereocenters. The van der Waals surface area contributed by atoms with E-state index in [9.17, 15) is 0 Å². The second-order valence-corrected chi connectivity index (χ2v) is 4.94. The Morgan fingerprint density at radius 3 is 2.89 bits per heavy atom. The molecule has 0 bridgehead atoms. The van der Waals surface area contributed by atoms with Crippen molar-refractivity contribution in [3.63, 3.8) is 0 Å². The summed E-state index contributed by atoms with van der Waals surface area (Å²) in [5, 5.41) is 9.07. The molecule has 3 aromatic heterocycles. The van der Waals surface area contributed by atoms with Gasteiger partial charge in [0.25, 0.3) is 0 Å². The number of hydrogen-bond donors (Lipinski definition) is 2. The van der Waals surface area contributed by atoms with Crippen LogP contribution in [-0.2, 0) is 0 Å². The number of nitrogens with one attached hydrogen (secondary N) is 2. The standard InChI is InChI=1S/C7H5BrN2.C7H6N2/c8-6-1-2-7-5(3-6)4-9-10-7;1-2-6-3-5-9-7(6)8-4-1/h1-4H,(H,9,10);1-5H,(H,8,9). The normalized spacial score (nSPS) is 10.4. The molecule has 4 aromatic rings. The van der Waals surface area contributed by atoms with Gasteiger partial charge in [0.05, 0.1) is 11.7 Å². The Kier molecular flexibility index (Phi) is 3.29. The van der Waals surface area contributed by atoms with Crippen LogP contribution in [0.5, 0.6) is 0 Å². The van der Waals surface area contributed by atoms with E-state index in [1.807, 2.05) is 42.6 Å². The van der Waals surface area contributed by atoms with Gasteiger partial charge in [0.2, 0.25) is 0 Å². The molecule has 0 aliphatic heterocycles. The molecule has 0 saturated heterocycles. The summed E-state index contributed by atoms with van der Waals surface area (Å²) in [4.78, 5) is 7.09. The Morgan fingerprint density at radius 1 is 1.05 bits per heavy atom. The number of halogens is 1. The topological polar surface area (TPSA) is 57.4 Å². The maximum Gasteiger partial charge on any atom is 0.137 e. The number of pyridine rings is 1. The fourth-order valence-electron chi connectivity index (χ4n) is 1.80. The highest BCUT2D eigenvalue weighted by Crippen LogP contribution is 2.16. The van der Waals surface area contributed by atoms with E-state index in [4.69, 9.17) is 0 Å². The zero-order valence-corrected chi connectivity index (χ0v) is 11.6. The molecule has 1 aromatic carbocycles. The van der Waals surface area contributed by atoms with Gasteiger partial charge < -0.3 is 4.98 Å². The minimum absolute atomic E-state index is 0.956. The molecule has 4 rings (SSSR count). The zero-order chi connectivity index (χ0) is 13.1. The number of nitrogens with zero attached hydrogens (tertiary/aromatic N) is 2. The van der Waals surface area contributed by atoms with E-state index in [1.165, 1.54) is 0 Å². The first kappa shape index (κ1) is 11.9. The fraction of sp³-hybridized carbons (Fsp3) is 0. The van der Waals surface area contributed by atoms with Gasteiger partial charge in [-0.3, -0.25) is 5.10 Å². The first-order chi connectivity index (χ1) is 9.33. The second kappa shape index (κ2) is 5.24. The highest BCUT2D eigenvalue weighted by molar-refractivity contribution is 9.10. The van der Waals surface area contributed by atoms with Gasteiger partial charge in [0.15, 0.2) is 0 Å². The van der Waals surface area contributed by atoms with E-state index in [1.54, 1.807) is 12.4 Å². The van der Waals surface area contributed by atoms with Crippen molar-refractivity contribution in [2.45, 2.75) is 0 Å². The molecule has 0 amide bonds. The zero-order valence-electron chi connectivity index (χ0n) is 9.97. The van der Waals surface area contributed by atoms with Crippen LogP contribution in [0.1, 0.15) is 0 Å². The Balaban J connectivity index is 0.000000117. The third-order valence-electron chi connectivity index (χ3n) is 2.72. The Bertz CT molecular complexity index is 773. The molecule has 0 aliphatic carbocycles. The summed E-state index contributed by atoms with van der Waals surface area (Å²) in [6.07, 6.45) is 5.47. The lowest BCUT2D eigenvalue weighted by Gasteiger charge is -1.87. The van der Waals surface area contributed by atoms with Crippen molar-refractivity contribution in [1.82, 2.24) is 20.2 Å². The molecule has 19 heavy (non-hydrogen) atoms. The fourth-order valence-corrected chi connectivity index (χ4v) is 2.18. The van der Waals surface area contributed by atoms with Gasteiger partial charge >= 0.3 is 0 Å². The van der Waals surface area contributed by atoms with Crippen molar-refractivity contribution in [3.8, 4) is 0 Å². The SMILES string of the molecule is Brc1ccc2[nH]ncc2c1.c1cnc2[nH]ccc2c1. The molecule has 5 heteroatoms. The van der Waals surface area contributed by atoms with E-state index in [0.29, 0.717) is 0 Å². The van der Waals surface area contributed by atoms with Gasteiger partial charge in [0, 0.05) is 27.6 Å². The van der Waals surface area contributed by atoms with Crippen molar-refractivity contribution >= 4 is 37.9 Å². The Labute approximate surface area is 118 Å². The van der Waals surface area contributed by atoms with Crippen LogP contribution in [0.25, 0.3) is 21.9 Å². The Morgan fingerprint density at radius 2 is 2.00 bits per heavy atom. The van der Waals surface area contributed by atoms with E-state index < -0.39 is 0 Å². The van der Waals surface area contributed by atoms with Crippen LogP contribution < -0.4 is 0 Å². The molecular weight excluding hydrogens is 304 g/mol. The summed E-state index contributed by atoms with van der Waals surface area (Å²) < 4.78 is 1.08. The number of benzene rings is 1. The summed E-state index contributed by atoms with van der Waals surface area (Å²) in [5.74, 6) is 0. The number of fused-ring (bicyclic) bond motifs is 2. The molecular formula is C14H11BrN4. The van der Waals surface area contributed by atoms with Crippen LogP contribution in [0.2, 0.25) is 0 Å². The molecule has 0 spiro atoms. The molecule has 4 nitrogen and oxygen atoms in total. The minimum Gasteiger partial charge on any atom is -0.346 e. The molecule has 0 saturated carbocycles. The lowest BCUT2D eigenvalue weighted by molar-refractivity contribution is 1.12. The molecule has 0 radical (unpaired) electrons. The van der Waals surface area contributed by atoms with Crippen LogP contribution in [0, 0.1) is 0 Å². The van der Waals surface area contributed by atoms with Crippen molar-refractivity contribution in [3.05, 3.63) is 59.5 Å². The monoisotopic (exact) mass is 314 g/mol. The summed E-state index contributed by atoms with van der Waals surface area (Å²) in [6.45, 7) is 0. The van der Waals surface area contributed by atoms with Crippen LogP contribution >= 0.6 is 15.9 Å². The maximum absolute atomic E-state index is 4.09. The minimum atomic E-state index is 0.956. The summed E-state index contributed by atoms with van der Waals surface area (Å²) in [7, 11) is 0. The quantitative estimate of drug-likeness (QED) is 0.517. The molecule has 0 fully saturated rings. The van der Waals surface area contributed by atoms with Gasteiger partial charge in [-0.1, -0.05) is 15.9 Å². The average molecular weight is 315 g/mol. The van der Waals surface area contributed by atoms with Crippen LogP contribution in [0.4, 0.5) is 0 Å². The van der Waals surface area contributed by atoms with Gasteiger partial charge in [-0.05, 0) is 36.4 Å². The van der Waals surface area contributed by atoms with Gasteiger partial charge in [-0.25, -0.2) is 4.98 Å². The third-order valence-corrected chi connectivity index (χ3v) is 3.22. The van der Waals surface area contributed by atoms with E-state index in [2.05, 4.69) is 36.1 Å². The molecule has 94 valence electrons. The summed E-state index contributed by atoms with van der Waals surface area (Å²) in [6, 6.07) is 12.0. The first-order valence-electron chi connectivity index (χ1n) is 5.80. The van der Waals surface area contributed by atoms with E-state index >= 15 is 0 Å². The number of aromatic nitrogens is 4. The van der Waals surface area contributed by atoms with Gasteiger partial charge in [-0.15, -0.1) is 0 Å². The lowest BCUT2D eigenvalue weighted by atomic mass is 10.3. The number of rotatable bonds is 0. The lowest BCUT2D eigenvalue weighted by Crippen LogP contribution is -1.70.